The van der Waals surface area contributed by atoms with Gasteiger partial charge in [0.2, 0.25) is 0 Å². The molecule has 0 bridgehead atoms. The molecule has 0 unspecified atom stereocenters. The van der Waals surface area contributed by atoms with E-state index >= 15 is 0 Å². The molecule has 0 atom stereocenters. The molecule has 5 heteroatoms. The molecule has 0 saturated carbocycles. The summed E-state index contributed by atoms with van der Waals surface area (Å²) in [6, 6.07) is 5.56. The number of amides is 1. The molecule has 0 spiro atoms. The van der Waals surface area contributed by atoms with Crippen LogP contribution in [0.25, 0.3) is 0 Å². The van der Waals surface area contributed by atoms with Gasteiger partial charge in [-0.05, 0) is 27.0 Å². The first kappa shape index (κ1) is 15.8. The first-order chi connectivity index (χ1) is 9.13. The van der Waals surface area contributed by atoms with Gasteiger partial charge in [0, 0.05) is 25.2 Å². The predicted molar refractivity (Wildman–Crippen MR) is 77.6 cm³/mol. The minimum absolute atomic E-state index is 0.0160. The second-order valence-corrected chi connectivity index (χ2v) is 4.52. The molecule has 1 N–H and O–H groups in total. The van der Waals surface area contributed by atoms with Crippen LogP contribution in [0.2, 0.25) is 5.02 Å². The van der Waals surface area contributed by atoms with Gasteiger partial charge in [0.1, 0.15) is 5.75 Å². The number of halogens is 1. The lowest BCUT2D eigenvalue weighted by Crippen LogP contribution is -2.34. The van der Waals surface area contributed by atoms with Crippen molar-refractivity contribution < 1.29 is 9.53 Å². The third-order valence-corrected chi connectivity index (χ3v) is 3.17. The van der Waals surface area contributed by atoms with Gasteiger partial charge in [-0.25, -0.2) is 0 Å². The van der Waals surface area contributed by atoms with E-state index in [4.69, 9.17) is 16.3 Å². The molecule has 0 aliphatic heterocycles. The highest BCUT2D eigenvalue weighted by atomic mass is 35.5. The number of para-hydroxylation sites is 1. The molecule has 106 valence electrons. The number of rotatable bonds is 7. The Bertz CT molecular complexity index is 420. The van der Waals surface area contributed by atoms with Crippen molar-refractivity contribution in [1.29, 1.82) is 0 Å². The smallest absolute Gasteiger partial charge is 0.260 e. The van der Waals surface area contributed by atoms with Crippen LogP contribution in [0.15, 0.2) is 18.2 Å². The molecule has 0 saturated heterocycles. The van der Waals surface area contributed by atoms with Crippen LogP contribution in [-0.4, -0.2) is 37.6 Å². The van der Waals surface area contributed by atoms with Crippen LogP contribution in [0.4, 0.5) is 0 Å². The van der Waals surface area contributed by atoms with Crippen molar-refractivity contribution in [2.45, 2.75) is 20.4 Å². The van der Waals surface area contributed by atoms with Crippen molar-refractivity contribution in [2.75, 3.05) is 26.7 Å². The number of hydrogen-bond acceptors (Lipinski definition) is 3. The summed E-state index contributed by atoms with van der Waals surface area (Å²) in [5.41, 5.74) is 0.947. The highest BCUT2D eigenvalue weighted by Crippen LogP contribution is 2.28. The molecular weight excluding hydrogens is 264 g/mol. The zero-order chi connectivity index (χ0) is 14.3. The Morgan fingerprint density at radius 1 is 1.37 bits per heavy atom. The van der Waals surface area contributed by atoms with E-state index in [1.54, 1.807) is 11.0 Å². The van der Waals surface area contributed by atoms with Gasteiger partial charge in [-0.1, -0.05) is 23.7 Å². The summed E-state index contributed by atoms with van der Waals surface area (Å²) in [7, 11) is 1.85. The molecule has 0 aliphatic rings. The molecule has 1 amide bonds. The average molecular weight is 285 g/mol. The Morgan fingerprint density at radius 2 is 2.05 bits per heavy atom. The molecule has 0 aliphatic carbocycles. The normalized spacial score (nSPS) is 10.3. The number of nitrogens with one attached hydrogen (secondary N) is 1. The SMILES string of the molecule is CCN(CC)C(=O)COc1c(Cl)cccc1CNC. The minimum Gasteiger partial charge on any atom is -0.482 e. The number of benzene rings is 1. The van der Waals surface area contributed by atoms with E-state index in [0.29, 0.717) is 30.4 Å². The van der Waals surface area contributed by atoms with Crippen molar-refractivity contribution in [1.82, 2.24) is 10.2 Å². The van der Waals surface area contributed by atoms with E-state index in [9.17, 15) is 4.79 Å². The fourth-order valence-electron chi connectivity index (χ4n) is 1.85. The zero-order valence-electron chi connectivity index (χ0n) is 11.7. The summed E-state index contributed by atoms with van der Waals surface area (Å²) in [5, 5.41) is 3.58. The van der Waals surface area contributed by atoms with E-state index in [-0.39, 0.29) is 12.5 Å². The van der Waals surface area contributed by atoms with Crippen LogP contribution in [-0.2, 0) is 11.3 Å². The summed E-state index contributed by atoms with van der Waals surface area (Å²) >= 11 is 6.12. The first-order valence-corrected chi connectivity index (χ1v) is 6.84. The molecule has 1 aromatic carbocycles. The number of nitrogens with zero attached hydrogens (tertiary/aromatic N) is 1. The maximum absolute atomic E-state index is 11.9. The Balaban J connectivity index is 2.74. The molecule has 1 aromatic rings. The Labute approximate surface area is 119 Å². The van der Waals surface area contributed by atoms with Crippen LogP contribution in [0, 0.1) is 0 Å². The highest BCUT2D eigenvalue weighted by Gasteiger charge is 2.13. The molecule has 4 nitrogen and oxygen atoms in total. The van der Waals surface area contributed by atoms with Gasteiger partial charge in [0.25, 0.3) is 5.91 Å². The van der Waals surface area contributed by atoms with Crippen molar-refractivity contribution in [3.63, 3.8) is 0 Å². The van der Waals surface area contributed by atoms with E-state index < -0.39 is 0 Å². The van der Waals surface area contributed by atoms with Gasteiger partial charge in [0.05, 0.1) is 5.02 Å². The van der Waals surface area contributed by atoms with Crippen molar-refractivity contribution in [3.05, 3.63) is 28.8 Å². The van der Waals surface area contributed by atoms with E-state index in [2.05, 4.69) is 5.32 Å². The van der Waals surface area contributed by atoms with Gasteiger partial charge >= 0.3 is 0 Å². The fraction of sp³-hybridized carbons (Fsp3) is 0.500. The molecule has 19 heavy (non-hydrogen) atoms. The monoisotopic (exact) mass is 284 g/mol. The first-order valence-electron chi connectivity index (χ1n) is 6.46. The third kappa shape index (κ3) is 4.40. The van der Waals surface area contributed by atoms with E-state index in [1.165, 1.54) is 0 Å². The summed E-state index contributed by atoms with van der Waals surface area (Å²) in [6.07, 6.45) is 0. The van der Waals surface area contributed by atoms with Gasteiger partial charge in [-0.3, -0.25) is 4.79 Å². The molecule has 1 rings (SSSR count). The standard InChI is InChI=1S/C14H21ClN2O2/c1-4-17(5-2)13(18)10-19-14-11(9-16-3)7-6-8-12(14)15/h6-8,16H,4-5,9-10H2,1-3H3. The molecule has 0 fully saturated rings. The van der Waals surface area contributed by atoms with Crippen molar-refractivity contribution >= 4 is 17.5 Å². The van der Waals surface area contributed by atoms with Crippen LogP contribution >= 0.6 is 11.6 Å². The second-order valence-electron chi connectivity index (χ2n) is 4.11. The van der Waals surface area contributed by atoms with Gasteiger partial charge in [-0.2, -0.15) is 0 Å². The quantitative estimate of drug-likeness (QED) is 0.835. The molecule has 0 radical (unpaired) electrons. The topological polar surface area (TPSA) is 41.6 Å². The van der Waals surface area contributed by atoms with Crippen LogP contribution < -0.4 is 10.1 Å². The number of carbonyl (C=O) groups excluding carboxylic acids is 1. The molecular formula is C14H21ClN2O2. The van der Waals surface area contributed by atoms with Crippen molar-refractivity contribution in [2.24, 2.45) is 0 Å². The minimum atomic E-state index is -0.0275. The summed E-state index contributed by atoms with van der Waals surface area (Å²) < 4.78 is 5.60. The molecule has 0 heterocycles. The second kappa shape index (κ2) is 8.02. The lowest BCUT2D eigenvalue weighted by atomic mass is 10.2. The fourth-order valence-corrected chi connectivity index (χ4v) is 2.09. The van der Waals surface area contributed by atoms with Crippen LogP contribution in [0.3, 0.4) is 0 Å². The lowest BCUT2D eigenvalue weighted by Gasteiger charge is -2.19. The molecule has 0 aromatic heterocycles. The largest absolute Gasteiger partial charge is 0.482 e. The van der Waals surface area contributed by atoms with E-state index in [1.807, 2.05) is 33.0 Å². The maximum atomic E-state index is 11.9. The Morgan fingerprint density at radius 3 is 2.63 bits per heavy atom. The highest BCUT2D eigenvalue weighted by molar-refractivity contribution is 6.32. The number of likely N-dealkylation sites (N-methyl/N-ethyl adjacent to an activating group) is 1. The third-order valence-electron chi connectivity index (χ3n) is 2.87. The van der Waals surface area contributed by atoms with Gasteiger partial charge in [-0.15, -0.1) is 0 Å². The van der Waals surface area contributed by atoms with Crippen molar-refractivity contribution in [3.8, 4) is 5.75 Å². The van der Waals surface area contributed by atoms with Gasteiger partial charge < -0.3 is 15.0 Å². The van der Waals surface area contributed by atoms with E-state index in [0.717, 1.165) is 5.56 Å². The maximum Gasteiger partial charge on any atom is 0.260 e. The summed E-state index contributed by atoms with van der Waals surface area (Å²) in [4.78, 5) is 13.6. The summed E-state index contributed by atoms with van der Waals surface area (Å²) in [6.45, 7) is 5.93. The van der Waals surface area contributed by atoms with Gasteiger partial charge in [0.15, 0.2) is 6.61 Å². The Kier molecular flexibility index (Phi) is 6.67. The number of carbonyl (C=O) groups is 1. The summed E-state index contributed by atoms with van der Waals surface area (Å²) in [5.74, 6) is 0.555. The lowest BCUT2D eigenvalue weighted by molar-refractivity contribution is -0.132. The Hall–Kier alpha value is -1.26. The zero-order valence-corrected chi connectivity index (χ0v) is 12.5. The van der Waals surface area contributed by atoms with Crippen LogP contribution in [0.5, 0.6) is 5.75 Å². The number of ether oxygens (including phenoxy) is 1. The number of hydrogen-bond donors (Lipinski definition) is 1. The van der Waals surface area contributed by atoms with Crippen LogP contribution in [0.1, 0.15) is 19.4 Å². The average Bonchev–Trinajstić information content (AvgIpc) is 2.40. The predicted octanol–water partition coefficient (Wildman–Crippen LogP) is 2.31.